The number of sulfonamides is 1. The molecule has 0 atom stereocenters. The Labute approximate surface area is 162 Å². The lowest BCUT2D eigenvalue weighted by Gasteiger charge is -2.37. The van der Waals surface area contributed by atoms with Gasteiger partial charge in [0.1, 0.15) is 0 Å². The Hall–Kier alpha value is -1.70. The third-order valence-electron chi connectivity index (χ3n) is 5.06. The van der Waals surface area contributed by atoms with E-state index in [4.69, 9.17) is 0 Å². The van der Waals surface area contributed by atoms with E-state index in [1.165, 1.54) is 0 Å². The average molecular weight is 391 g/mol. The first-order chi connectivity index (χ1) is 12.9. The van der Waals surface area contributed by atoms with Crippen LogP contribution in [0.2, 0.25) is 0 Å². The van der Waals surface area contributed by atoms with Crippen molar-refractivity contribution in [2.45, 2.75) is 51.1 Å². The molecule has 2 aromatic rings. The predicted molar refractivity (Wildman–Crippen MR) is 107 cm³/mol. The van der Waals surface area contributed by atoms with Crippen LogP contribution in [-0.2, 0) is 23.1 Å². The molecule has 1 aliphatic rings. The Morgan fingerprint density at radius 3 is 2.89 bits per heavy atom. The number of piperidine rings is 1. The van der Waals surface area contributed by atoms with Crippen LogP contribution in [0.25, 0.3) is 0 Å². The third kappa shape index (κ3) is 5.40. The van der Waals surface area contributed by atoms with E-state index in [2.05, 4.69) is 28.7 Å². The van der Waals surface area contributed by atoms with Crippen LogP contribution in [0.15, 0.2) is 47.9 Å². The molecular weight excluding hydrogens is 360 g/mol. The van der Waals surface area contributed by atoms with Gasteiger partial charge >= 0.3 is 0 Å². The summed E-state index contributed by atoms with van der Waals surface area (Å²) >= 11 is 0. The maximum atomic E-state index is 13.0. The molecule has 6 nitrogen and oxygen atoms in total. The van der Waals surface area contributed by atoms with Crippen molar-refractivity contribution in [1.82, 2.24) is 19.2 Å². The van der Waals surface area contributed by atoms with E-state index in [9.17, 15) is 8.42 Å². The van der Waals surface area contributed by atoms with E-state index in [1.54, 1.807) is 22.6 Å². The molecule has 27 heavy (non-hydrogen) atoms. The number of hydrogen-bond donors (Lipinski definition) is 1. The second-order valence-electron chi connectivity index (χ2n) is 8.08. The van der Waals surface area contributed by atoms with Crippen molar-refractivity contribution in [2.24, 2.45) is 5.41 Å². The van der Waals surface area contributed by atoms with Crippen molar-refractivity contribution in [3.05, 3.63) is 48.5 Å². The molecule has 1 aromatic heterocycles. The zero-order valence-corrected chi connectivity index (χ0v) is 17.1. The molecule has 1 saturated heterocycles. The van der Waals surface area contributed by atoms with Gasteiger partial charge in [0, 0.05) is 38.6 Å². The van der Waals surface area contributed by atoms with Gasteiger partial charge < -0.3 is 9.88 Å². The average Bonchev–Trinajstić information content (AvgIpc) is 3.14. The minimum absolute atomic E-state index is 0.0414. The van der Waals surface area contributed by atoms with E-state index in [1.807, 2.05) is 24.7 Å². The van der Waals surface area contributed by atoms with Crippen molar-refractivity contribution < 1.29 is 8.42 Å². The summed E-state index contributed by atoms with van der Waals surface area (Å²) in [7, 11) is -3.43. The number of rotatable bonds is 8. The molecule has 0 spiro atoms. The SMILES string of the molecule is CC1(C)CCCN(S(=O)(=O)c2cccc(CNCCCn3ccnc3)c2)C1. The fraction of sp³-hybridized carbons (Fsp3) is 0.550. The maximum absolute atomic E-state index is 13.0. The molecule has 0 radical (unpaired) electrons. The molecule has 1 aromatic carbocycles. The molecule has 1 N–H and O–H groups in total. The molecule has 0 saturated carbocycles. The van der Waals surface area contributed by atoms with Gasteiger partial charge in [-0.3, -0.25) is 0 Å². The highest BCUT2D eigenvalue weighted by Gasteiger charge is 2.34. The van der Waals surface area contributed by atoms with Gasteiger partial charge in [-0.1, -0.05) is 26.0 Å². The smallest absolute Gasteiger partial charge is 0.243 e. The third-order valence-corrected chi connectivity index (χ3v) is 6.90. The fourth-order valence-electron chi connectivity index (χ4n) is 3.58. The molecular formula is C20H30N4O2S. The zero-order valence-electron chi connectivity index (χ0n) is 16.3. The highest BCUT2D eigenvalue weighted by atomic mass is 32.2. The van der Waals surface area contributed by atoms with Crippen molar-refractivity contribution in [1.29, 1.82) is 0 Å². The van der Waals surface area contributed by atoms with Gasteiger partial charge in [-0.05, 0) is 48.9 Å². The lowest BCUT2D eigenvalue weighted by atomic mass is 9.85. The standard InChI is InChI=1S/C20H30N4O2S/c1-20(2)8-4-12-24(16-20)27(25,26)19-7-3-6-18(14-19)15-21-9-5-11-23-13-10-22-17-23/h3,6-7,10,13-14,17,21H,4-5,8-9,11-12,15-16H2,1-2H3. The molecule has 1 aliphatic heterocycles. The van der Waals surface area contributed by atoms with E-state index in [0.717, 1.165) is 37.9 Å². The summed E-state index contributed by atoms with van der Waals surface area (Å²) in [5.41, 5.74) is 1.04. The molecule has 7 heteroatoms. The number of hydrogen-bond acceptors (Lipinski definition) is 4. The summed E-state index contributed by atoms with van der Waals surface area (Å²) in [6.45, 7) is 7.94. The summed E-state index contributed by atoms with van der Waals surface area (Å²) in [4.78, 5) is 4.43. The first-order valence-electron chi connectivity index (χ1n) is 9.62. The van der Waals surface area contributed by atoms with Crippen molar-refractivity contribution in [3.63, 3.8) is 0 Å². The second kappa shape index (κ2) is 8.54. The zero-order chi connectivity index (χ0) is 19.3. The Morgan fingerprint density at radius 2 is 2.15 bits per heavy atom. The lowest BCUT2D eigenvalue weighted by Crippen LogP contribution is -2.43. The van der Waals surface area contributed by atoms with Crippen LogP contribution in [0.3, 0.4) is 0 Å². The highest BCUT2D eigenvalue weighted by Crippen LogP contribution is 2.31. The summed E-state index contributed by atoms with van der Waals surface area (Å²) < 4.78 is 29.8. The van der Waals surface area contributed by atoms with Crippen LogP contribution in [0, 0.1) is 5.41 Å². The minimum atomic E-state index is -3.43. The predicted octanol–water partition coefficient (Wildman–Crippen LogP) is 2.87. The van der Waals surface area contributed by atoms with Crippen LogP contribution in [0.5, 0.6) is 0 Å². The van der Waals surface area contributed by atoms with Crippen LogP contribution >= 0.6 is 0 Å². The molecule has 1 fully saturated rings. The Morgan fingerprint density at radius 1 is 1.30 bits per heavy atom. The molecule has 0 unspecified atom stereocenters. The Bertz CT molecular complexity index is 831. The molecule has 0 aliphatic carbocycles. The van der Waals surface area contributed by atoms with E-state index >= 15 is 0 Å². The van der Waals surface area contributed by atoms with Crippen molar-refractivity contribution in [2.75, 3.05) is 19.6 Å². The fourth-order valence-corrected chi connectivity index (χ4v) is 5.32. The Kier molecular flexibility index (Phi) is 6.34. The number of benzene rings is 1. The second-order valence-corrected chi connectivity index (χ2v) is 10.0. The normalized spacial score (nSPS) is 17.9. The van der Waals surface area contributed by atoms with Gasteiger partial charge in [-0.15, -0.1) is 0 Å². The first-order valence-corrected chi connectivity index (χ1v) is 11.1. The summed E-state index contributed by atoms with van der Waals surface area (Å²) in [6.07, 6.45) is 8.54. The highest BCUT2D eigenvalue weighted by molar-refractivity contribution is 7.89. The number of imidazole rings is 1. The Balaban J connectivity index is 1.56. The largest absolute Gasteiger partial charge is 0.337 e. The lowest BCUT2D eigenvalue weighted by molar-refractivity contribution is 0.187. The first kappa shape index (κ1) is 20.0. The van der Waals surface area contributed by atoms with E-state index in [0.29, 0.717) is 24.5 Å². The summed E-state index contributed by atoms with van der Waals surface area (Å²) in [5, 5.41) is 3.39. The topological polar surface area (TPSA) is 67.2 Å². The van der Waals surface area contributed by atoms with Gasteiger partial charge in [0.25, 0.3) is 0 Å². The van der Waals surface area contributed by atoms with Gasteiger partial charge in [0.05, 0.1) is 11.2 Å². The molecule has 0 bridgehead atoms. The quantitative estimate of drug-likeness (QED) is 0.704. The van der Waals surface area contributed by atoms with Crippen LogP contribution in [0.4, 0.5) is 0 Å². The number of nitrogens with zero attached hydrogens (tertiary/aromatic N) is 3. The number of aryl methyl sites for hydroxylation is 1. The number of aromatic nitrogens is 2. The van der Waals surface area contributed by atoms with Crippen LogP contribution in [-0.4, -0.2) is 41.9 Å². The minimum Gasteiger partial charge on any atom is -0.337 e. The summed E-state index contributed by atoms with van der Waals surface area (Å²) in [6, 6.07) is 7.33. The van der Waals surface area contributed by atoms with Gasteiger partial charge in [0.15, 0.2) is 0 Å². The monoisotopic (exact) mass is 390 g/mol. The summed E-state index contributed by atoms with van der Waals surface area (Å²) in [5.74, 6) is 0. The van der Waals surface area contributed by atoms with Gasteiger partial charge in [-0.25, -0.2) is 13.4 Å². The van der Waals surface area contributed by atoms with Crippen molar-refractivity contribution in [3.8, 4) is 0 Å². The maximum Gasteiger partial charge on any atom is 0.243 e. The molecule has 0 amide bonds. The van der Waals surface area contributed by atoms with Gasteiger partial charge in [0.2, 0.25) is 10.0 Å². The van der Waals surface area contributed by atoms with Gasteiger partial charge in [-0.2, -0.15) is 4.31 Å². The molecule has 3 rings (SSSR count). The molecule has 148 valence electrons. The molecule has 2 heterocycles. The van der Waals surface area contributed by atoms with E-state index in [-0.39, 0.29) is 5.41 Å². The van der Waals surface area contributed by atoms with Crippen LogP contribution < -0.4 is 5.32 Å². The van der Waals surface area contributed by atoms with Crippen molar-refractivity contribution >= 4 is 10.0 Å². The number of nitrogens with one attached hydrogen (secondary N) is 1. The van der Waals surface area contributed by atoms with Crippen LogP contribution in [0.1, 0.15) is 38.7 Å². The van der Waals surface area contributed by atoms with E-state index < -0.39 is 10.0 Å².